The second-order valence-corrected chi connectivity index (χ2v) is 6.18. The largest absolute Gasteiger partial charge is 0.490 e. The van der Waals surface area contributed by atoms with E-state index in [9.17, 15) is 10.1 Å². The molecule has 0 atom stereocenters. The summed E-state index contributed by atoms with van der Waals surface area (Å²) in [5.41, 5.74) is 1.14. The van der Waals surface area contributed by atoms with Crippen LogP contribution >= 0.6 is 0 Å². The Morgan fingerprint density at radius 1 is 1.14 bits per heavy atom. The monoisotopic (exact) mass is 394 g/mol. The molecule has 2 aromatic rings. The number of amides is 1. The smallest absolute Gasteiger partial charge is 0.266 e. The summed E-state index contributed by atoms with van der Waals surface area (Å²) in [5.74, 6) is 1.86. The number of nitrogens with one attached hydrogen (secondary N) is 1. The predicted octanol–water partition coefficient (Wildman–Crippen LogP) is 4.15. The zero-order valence-electron chi connectivity index (χ0n) is 16.4. The lowest BCUT2D eigenvalue weighted by Gasteiger charge is -2.12. The van der Waals surface area contributed by atoms with E-state index < -0.39 is 5.91 Å². The fourth-order valence-electron chi connectivity index (χ4n) is 2.70. The van der Waals surface area contributed by atoms with Gasteiger partial charge in [-0.25, -0.2) is 0 Å². The molecule has 3 rings (SSSR count). The SMILES string of the molecule is CCCOc1ccc(/C=C(/C#N)C(=O)Nc2ccc3c(c2)OCO3)cc1OCC. The molecule has 150 valence electrons. The Morgan fingerprint density at radius 2 is 1.97 bits per heavy atom. The number of carbonyl (C=O) groups is 1. The maximum absolute atomic E-state index is 12.5. The standard InChI is InChI=1S/C22H22N2O5/c1-3-9-27-18-7-5-15(11-20(18)26-4-2)10-16(13-23)22(25)24-17-6-8-19-21(12-17)29-14-28-19/h5-8,10-12H,3-4,9,14H2,1-2H3,(H,24,25)/b16-10-. The molecule has 0 aliphatic carbocycles. The maximum atomic E-state index is 12.5. The Hall–Kier alpha value is -3.66. The van der Waals surface area contributed by atoms with Crippen molar-refractivity contribution in [2.45, 2.75) is 20.3 Å². The van der Waals surface area contributed by atoms with Gasteiger partial charge in [-0.05, 0) is 49.2 Å². The first-order valence-corrected chi connectivity index (χ1v) is 9.37. The van der Waals surface area contributed by atoms with Crippen LogP contribution < -0.4 is 24.3 Å². The normalized spacial score (nSPS) is 12.2. The van der Waals surface area contributed by atoms with E-state index in [0.717, 1.165) is 6.42 Å². The fourth-order valence-corrected chi connectivity index (χ4v) is 2.70. The van der Waals surface area contributed by atoms with E-state index >= 15 is 0 Å². The average Bonchev–Trinajstić information content (AvgIpc) is 3.19. The first-order chi connectivity index (χ1) is 14.1. The van der Waals surface area contributed by atoms with E-state index in [1.54, 1.807) is 36.4 Å². The zero-order valence-corrected chi connectivity index (χ0v) is 16.4. The van der Waals surface area contributed by atoms with Crippen LogP contribution in [0.3, 0.4) is 0 Å². The molecule has 7 nitrogen and oxygen atoms in total. The molecule has 0 radical (unpaired) electrons. The highest BCUT2D eigenvalue weighted by atomic mass is 16.7. The van der Waals surface area contributed by atoms with Gasteiger partial charge in [-0.1, -0.05) is 13.0 Å². The van der Waals surface area contributed by atoms with Crippen LogP contribution in [0.1, 0.15) is 25.8 Å². The third kappa shape index (κ3) is 4.99. The molecule has 0 spiro atoms. The van der Waals surface area contributed by atoms with Gasteiger partial charge in [0.2, 0.25) is 6.79 Å². The molecule has 7 heteroatoms. The van der Waals surface area contributed by atoms with Crippen molar-refractivity contribution in [3.8, 4) is 29.1 Å². The lowest BCUT2D eigenvalue weighted by molar-refractivity contribution is -0.112. The van der Waals surface area contributed by atoms with Gasteiger partial charge in [-0.15, -0.1) is 0 Å². The van der Waals surface area contributed by atoms with E-state index in [1.165, 1.54) is 6.08 Å². The highest BCUT2D eigenvalue weighted by Crippen LogP contribution is 2.34. The first-order valence-electron chi connectivity index (χ1n) is 9.37. The summed E-state index contributed by atoms with van der Waals surface area (Å²) in [6, 6.07) is 12.3. The molecule has 0 saturated carbocycles. The van der Waals surface area contributed by atoms with Crippen LogP contribution in [0.5, 0.6) is 23.0 Å². The molecule has 0 unspecified atom stereocenters. The van der Waals surface area contributed by atoms with E-state index in [4.69, 9.17) is 18.9 Å². The van der Waals surface area contributed by atoms with Crippen LogP contribution in [-0.2, 0) is 4.79 Å². The Labute approximate surface area is 169 Å². The summed E-state index contributed by atoms with van der Waals surface area (Å²) in [6.07, 6.45) is 2.39. The van der Waals surface area contributed by atoms with Crippen LogP contribution in [0.25, 0.3) is 6.08 Å². The van der Waals surface area contributed by atoms with Gasteiger partial charge in [0.1, 0.15) is 11.6 Å². The maximum Gasteiger partial charge on any atom is 0.266 e. The van der Waals surface area contributed by atoms with Crippen molar-refractivity contribution in [2.75, 3.05) is 25.3 Å². The molecule has 29 heavy (non-hydrogen) atoms. The third-order valence-corrected chi connectivity index (χ3v) is 4.04. The van der Waals surface area contributed by atoms with Gasteiger partial charge in [0, 0.05) is 11.8 Å². The van der Waals surface area contributed by atoms with Crippen molar-refractivity contribution < 1.29 is 23.7 Å². The number of hydrogen-bond acceptors (Lipinski definition) is 6. The molecule has 1 N–H and O–H groups in total. The first kappa shape index (κ1) is 20.1. The van der Waals surface area contributed by atoms with Crippen molar-refractivity contribution in [1.82, 2.24) is 0 Å². The average molecular weight is 394 g/mol. The molecular weight excluding hydrogens is 372 g/mol. The van der Waals surface area contributed by atoms with Gasteiger partial charge in [0.25, 0.3) is 5.91 Å². The molecule has 1 aliphatic rings. The van der Waals surface area contributed by atoms with E-state index in [-0.39, 0.29) is 12.4 Å². The van der Waals surface area contributed by atoms with Crippen molar-refractivity contribution in [3.63, 3.8) is 0 Å². The minimum Gasteiger partial charge on any atom is -0.490 e. The van der Waals surface area contributed by atoms with Gasteiger partial charge in [0.05, 0.1) is 13.2 Å². The van der Waals surface area contributed by atoms with Crippen LogP contribution in [0, 0.1) is 11.3 Å². The Balaban J connectivity index is 1.78. The van der Waals surface area contributed by atoms with Crippen molar-refractivity contribution in [2.24, 2.45) is 0 Å². The van der Waals surface area contributed by atoms with Crippen LogP contribution in [0.2, 0.25) is 0 Å². The fraction of sp³-hybridized carbons (Fsp3) is 0.273. The molecule has 2 aromatic carbocycles. The Bertz CT molecular complexity index is 962. The van der Waals surface area contributed by atoms with Crippen molar-refractivity contribution >= 4 is 17.7 Å². The topological polar surface area (TPSA) is 89.8 Å². The van der Waals surface area contributed by atoms with Gasteiger partial charge >= 0.3 is 0 Å². The summed E-state index contributed by atoms with van der Waals surface area (Å²) in [4.78, 5) is 12.5. The summed E-state index contributed by atoms with van der Waals surface area (Å²) in [7, 11) is 0. The summed E-state index contributed by atoms with van der Waals surface area (Å²) in [6.45, 7) is 5.11. The number of nitrogens with zero attached hydrogens (tertiary/aromatic N) is 1. The molecular formula is C22H22N2O5. The van der Waals surface area contributed by atoms with Crippen LogP contribution in [0.15, 0.2) is 42.0 Å². The van der Waals surface area contributed by atoms with E-state index in [0.29, 0.717) is 47.5 Å². The molecule has 0 bridgehead atoms. The number of rotatable bonds is 8. The lowest BCUT2D eigenvalue weighted by atomic mass is 10.1. The second kappa shape index (κ2) is 9.51. The van der Waals surface area contributed by atoms with Gasteiger partial charge in [-0.3, -0.25) is 4.79 Å². The quantitative estimate of drug-likeness (QED) is 0.534. The zero-order chi connectivity index (χ0) is 20.6. The molecule has 0 aromatic heterocycles. The van der Waals surface area contributed by atoms with E-state index in [2.05, 4.69) is 5.32 Å². The highest BCUT2D eigenvalue weighted by Gasteiger charge is 2.16. The Kier molecular flexibility index (Phi) is 6.59. The summed E-state index contributed by atoms with van der Waals surface area (Å²) < 4.78 is 21.9. The molecule has 1 heterocycles. The van der Waals surface area contributed by atoms with Crippen LogP contribution in [-0.4, -0.2) is 25.9 Å². The van der Waals surface area contributed by atoms with Crippen molar-refractivity contribution in [3.05, 3.63) is 47.5 Å². The molecule has 0 fully saturated rings. The number of ether oxygens (including phenoxy) is 4. The second-order valence-electron chi connectivity index (χ2n) is 6.18. The number of carbonyl (C=O) groups excluding carboxylic acids is 1. The summed E-state index contributed by atoms with van der Waals surface area (Å²) in [5, 5.41) is 12.2. The number of nitriles is 1. The molecule has 1 amide bonds. The molecule has 0 saturated heterocycles. The third-order valence-electron chi connectivity index (χ3n) is 4.04. The van der Waals surface area contributed by atoms with Crippen molar-refractivity contribution in [1.29, 1.82) is 5.26 Å². The minimum absolute atomic E-state index is 0.0349. The minimum atomic E-state index is -0.518. The van der Waals surface area contributed by atoms with Gasteiger partial charge < -0.3 is 24.3 Å². The van der Waals surface area contributed by atoms with Crippen LogP contribution in [0.4, 0.5) is 5.69 Å². The van der Waals surface area contributed by atoms with E-state index in [1.807, 2.05) is 19.9 Å². The van der Waals surface area contributed by atoms with Gasteiger partial charge in [0.15, 0.2) is 23.0 Å². The number of anilines is 1. The number of hydrogen-bond donors (Lipinski definition) is 1. The molecule has 1 aliphatic heterocycles. The lowest BCUT2D eigenvalue weighted by Crippen LogP contribution is -2.13. The Morgan fingerprint density at radius 3 is 2.72 bits per heavy atom. The highest BCUT2D eigenvalue weighted by molar-refractivity contribution is 6.09. The number of benzene rings is 2. The van der Waals surface area contributed by atoms with Gasteiger partial charge in [-0.2, -0.15) is 5.26 Å². The number of fused-ring (bicyclic) bond motifs is 1. The predicted molar refractivity (Wildman–Crippen MR) is 108 cm³/mol. The summed E-state index contributed by atoms with van der Waals surface area (Å²) >= 11 is 0.